The SMILES string of the molecule is Cc1ccc(C#N)c(N2CCC[C@H](C(=O)N(C)Cc3ccccn3)C2)n1. The van der Waals surface area contributed by atoms with Gasteiger partial charge in [-0.3, -0.25) is 9.78 Å². The molecule has 1 saturated heterocycles. The smallest absolute Gasteiger partial charge is 0.227 e. The third-order valence-electron chi connectivity index (χ3n) is 4.71. The molecule has 0 bridgehead atoms. The first kappa shape index (κ1) is 17.9. The molecule has 0 spiro atoms. The maximum atomic E-state index is 12.9. The average molecular weight is 349 g/mol. The van der Waals surface area contributed by atoms with E-state index in [4.69, 9.17) is 0 Å². The fraction of sp³-hybridized carbons (Fsp3) is 0.400. The van der Waals surface area contributed by atoms with Gasteiger partial charge in [0.15, 0.2) is 0 Å². The maximum absolute atomic E-state index is 12.9. The van der Waals surface area contributed by atoms with Crippen molar-refractivity contribution in [2.45, 2.75) is 26.3 Å². The van der Waals surface area contributed by atoms with E-state index in [9.17, 15) is 10.1 Å². The molecule has 1 aliphatic heterocycles. The molecular formula is C20H23N5O. The number of aryl methyl sites for hydroxylation is 1. The lowest BCUT2D eigenvalue weighted by molar-refractivity contribution is -0.135. The maximum Gasteiger partial charge on any atom is 0.227 e. The minimum atomic E-state index is -0.0914. The summed E-state index contributed by atoms with van der Waals surface area (Å²) >= 11 is 0. The molecule has 3 heterocycles. The van der Waals surface area contributed by atoms with Gasteiger partial charge in [-0.25, -0.2) is 4.98 Å². The Morgan fingerprint density at radius 2 is 2.23 bits per heavy atom. The molecule has 1 fully saturated rings. The predicted octanol–water partition coefficient (Wildman–Crippen LogP) is 2.53. The second kappa shape index (κ2) is 7.96. The molecule has 2 aromatic heterocycles. The first-order chi connectivity index (χ1) is 12.6. The van der Waals surface area contributed by atoms with Gasteiger partial charge in [-0.05, 0) is 44.0 Å². The van der Waals surface area contributed by atoms with Gasteiger partial charge in [0.2, 0.25) is 5.91 Å². The third-order valence-corrected chi connectivity index (χ3v) is 4.71. The Labute approximate surface area is 154 Å². The Kier molecular flexibility index (Phi) is 5.47. The van der Waals surface area contributed by atoms with Gasteiger partial charge in [0, 0.05) is 32.0 Å². The van der Waals surface area contributed by atoms with Crippen molar-refractivity contribution < 1.29 is 4.79 Å². The Hall–Kier alpha value is -2.94. The van der Waals surface area contributed by atoms with Crippen LogP contribution in [0.2, 0.25) is 0 Å². The summed E-state index contributed by atoms with van der Waals surface area (Å²) in [6.45, 7) is 3.83. The van der Waals surface area contributed by atoms with Crippen LogP contribution in [0.3, 0.4) is 0 Å². The average Bonchev–Trinajstić information content (AvgIpc) is 2.68. The van der Waals surface area contributed by atoms with Crippen LogP contribution in [0.4, 0.5) is 5.82 Å². The number of piperidine rings is 1. The van der Waals surface area contributed by atoms with Gasteiger partial charge in [0.05, 0.1) is 23.7 Å². The molecule has 134 valence electrons. The molecule has 26 heavy (non-hydrogen) atoms. The van der Waals surface area contributed by atoms with Crippen molar-refractivity contribution in [1.82, 2.24) is 14.9 Å². The number of nitrogens with zero attached hydrogens (tertiary/aromatic N) is 5. The first-order valence-corrected chi connectivity index (χ1v) is 8.86. The van der Waals surface area contributed by atoms with E-state index in [0.717, 1.165) is 30.8 Å². The topological polar surface area (TPSA) is 73.1 Å². The summed E-state index contributed by atoms with van der Waals surface area (Å²) in [5, 5.41) is 9.37. The number of anilines is 1. The summed E-state index contributed by atoms with van der Waals surface area (Å²) < 4.78 is 0. The van der Waals surface area contributed by atoms with E-state index in [1.54, 1.807) is 17.2 Å². The zero-order valence-corrected chi connectivity index (χ0v) is 15.2. The Morgan fingerprint density at radius 3 is 2.96 bits per heavy atom. The van der Waals surface area contributed by atoms with Gasteiger partial charge < -0.3 is 9.80 Å². The Morgan fingerprint density at radius 1 is 1.38 bits per heavy atom. The van der Waals surface area contributed by atoms with E-state index in [-0.39, 0.29) is 11.8 Å². The highest BCUT2D eigenvalue weighted by atomic mass is 16.2. The largest absolute Gasteiger partial charge is 0.355 e. The second-order valence-corrected chi connectivity index (χ2v) is 6.74. The number of carbonyl (C=O) groups is 1. The monoisotopic (exact) mass is 349 g/mol. The van der Waals surface area contributed by atoms with Crippen molar-refractivity contribution in [3.8, 4) is 6.07 Å². The Bertz CT molecular complexity index is 815. The number of hydrogen-bond acceptors (Lipinski definition) is 5. The van der Waals surface area contributed by atoms with Crippen molar-refractivity contribution in [3.63, 3.8) is 0 Å². The molecule has 0 radical (unpaired) electrons. The zero-order chi connectivity index (χ0) is 18.5. The fourth-order valence-corrected chi connectivity index (χ4v) is 3.37. The summed E-state index contributed by atoms with van der Waals surface area (Å²) in [4.78, 5) is 25.5. The molecule has 1 aliphatic rings. The molecule has 0 N–H and O–H groups in total. The summed E-state index contributed by atoms with van der Waals surface area (Å²) in [6.07, 6.45) is 3.51. The van der Waals surface area contributed by atoms with Gasteiger partial charge in [-0.15, -0.1) is 0 Å². The van der Waals surface area contributed by atoms with Crippen LogP contribution in [0.1, 0.15) is 29.8 Å². The van der Waals surface area contributed by atoms with E-state index in [1.165, 1.54) is 0 Å². The highest BCUT2D eigenvalue weighted by molar-refractivity contribution is 5.79. The summed E-state index contributed by atoms with van der Waals surface area (Å²) in [6, 6.07) is 11.6. The minimum absolute atomic E-state index is 0.0914. The molecule has 6 heteroatoms. The normalized spacial score (nSPS) is 16.8. The number of amides is 1. The summed E-state index contributed by atoms with van der Waals surface area (Å²) in [5.74, 6) is 0.718. The van der Waals surface area contributed by atoms with Gasteiger partial charge in [0.1, 0.15) is 11.9 Å². The lowest BCUT2D eigenvalue weighted by Gasteiger charge is -2.35. The standard InChI is InChI=1S/C20H23N5O/c1-15-8-9-16(12-21)19(23-15)25-11-5-6-17(13-25)20(26)24(2)14-18-7-3-4-10-22-18/h3-4,7-10,17H,5-6,11,13-14H2,1-2H3/t17-/m0/s1. The van der Waals surface area contributed by atoms with Crippen LogP contribution in [0.5, 0.6) is 0 Å². The molecule has 2 aromatic rings. The van der Waals surface area contributed by atoms with E-state index in [1.807, 2.05) is 38.2 Å². The van der Waals surface area contributed by atoms with Crippen LogP contribution in [-0.4, -0.2) is 40.9 Å². The molecule has 6 nitrogen and oxygen atoms in total. The fourth-order valence-electron chi connectivity index (χ4n) is 3.37. The zero-order valence-electron chi connectivity index (χ0n) is 15.2. The van der Waals surface area contributed by atoms with Crippen molar-refractivity contribution in [1.29, 1.82) is 5.26 Å². The lowest BCUT2D eigenvalue weighted by Crippen LogP contribution is -2.44. The summed E-state index contributed by atoms with van der Waals surface area (Å²) in [5.41, 5.74) is 2.31. The number of hydrogen-bond donors (Lipinski definition) is 0. The van der Waals surface area contributed by atoms with Crippen LogP contribution in [0.15, 0.2) is 36.5 Å². The molecule has 0 unspecified atom stereocenters. The molecule has 0 saturated carbocycles. The molecule has 0 aromatic carbocycles. The molecule has 1 atom stereocenters. The van der Waals surface area contributed by atoms with Crippen molar-refractivity contribution >= 4 is 11.7 Å². The second-order valence-electron chi connectivity index (χ2n) is 6.74. The highest BCUT2D eigenvalue weighted by Gasteiger charge is 2.29. The van der Waals surface area contributed by atoms with E-state index >= 15 is 0 Å². The number of nitriles is 1. The van der Waals surface area contributed by atoms with E-state index in [2.05, 4.69) is 20.9 Å². The minimum Gasteiger partial charge on any atom is -0.355 e. The van der Waals surface area contributed by atoms with Gasteiger partial charge >= 0.3 is 0 Å². The quantitative estimate of drug-likeness (QED) is 0.848. The molecule has 1 amide bonds. The van der Waals surface area contributed by atoms with Crippen LogP contribution < -0.4 is 4.90 Å². The summed E-state index contributed by atoms with van der Waals surface area (Å²) in [7, 11) is 1.82. The van der Waals surface area contributed by atoms with Gasteiger partial charge in [0.25, 0.3) is 0 Å². The lowest BCUT2D eigenvalue weighted by atomic mass is 9.96. The van der Waals surface area contributed by atoms with Crippen molar-refractivity contribution in [2.24, 2.45) is 5.92 Å². The van der Waals surface area contributed by atoms with Crippen molar-refractivity contribution in [3.05, 3.63) is 53.5 Å². The molecule has 3 rings (SSSR count). The van der Waals surface area contributed by atoms with Gasteiger partial charge in [-0.1, -0.05) is 6.07 Å². The number of pyridine rings is 2. The van der Waals surface area contributed by atoms with Crippen LogP contribution in [-0.2, 0) is 11.3 Å². The van der Waals surface area contributed by atoms with Crippen LogP contribution >= 0.6 is 0 Å². The molecular weight excluding hydrogens is 326 g/mol. The van der Waals surface area contributed by atoms with Gasteiger partial charge in [-0.2, -0.15) is 5.26 Å². The number of aromatic nitrogens is 2. The highest BCUT2D eigenvalue weighted by Crippen LogP contribution is 2.26. The van der Waals surface area contributed by atoms with Crippen LogP contribution in [0, 0.1) is 24.2 Å². The Balaban J connectivity index is 1.71. The van der Waals surface area contributed by atoms with Crippen LogP contribution in [0.25, 0.3) is 0 Å². The molecule has 0 aliphatic carbocycles. The predicted molar refractivity (Wildman–Crippen MR) is 99.3 cm³/mol. The van der Waals surface area contributed by atoms with Crippen molar-refractivity contribution in [2.75, 3.05) is 25.0 Å². The van der Waals surface area contributed by atoms with E-state index in [0.29, 0.717) is 24.5 Å². The first-order valence-electron chi connectivity index (χ1n) is 8.86. The number of rotatable bonds is 4. The number of carbonyl (C=O) groups excluding carboxylic acids is 1. The van der Waals surface area contributed by atoms with E-state index < -0.39 is 0 Å². The third kappa shape index (κ3) is 3.99.